The molecule has 1 aliphatic heterocycles. The van der Waals surface area contributed by atoms with Gasteiger partial charge < -0.3 is 15.3 Å². The van der Waals surface area contributed by atoms with E-state index in [0.29, 0.717) is 5.92 Å². The molecular weight excluding hydrogens is 228 g/mol. The lowest BCUT2D eigenvalue weighted by molar-refractivity contribution is 0.162. The largest absolute Gasteiger partial charge is 0.395 e. The second-order valence-electron chi connectivity index (χ2n) is 4.84. The van der Waals surface area contributed by atoms with Crippen LogP contribution in [0.3, 0.4) is 0 Å². The molecule has 2 N–H and O–H groups in total. The van der Waals surface area contributed by atoms with Crippen LogP contribution in [0, 0.1) is 6.92 Å². The molecule has 0 bridgehead atoms. The number of piperidine rings is 1. The van der Waals surface area contributed by atoms with E-state index in [0.717, 1.165) is 49.8 Å². The number of hydrogen-bond acceptors (Lipinski definition) is 5. The molecule has 0 atom stereocenters. The van der Waals surface area contributed by atoms with Crippen LogP contribution in [0.15, 0.2) is 6.07 Å². The minimum absolute atomic E-state index is 0.246. The van der Waals surface area contributed by atoms with Crippen molar-refractivity contribution in [2.75, 3.05) is 38.6 Å². The maximum atomic E-state index is 8.93. The smallest absolute Gasteiger partial charge is 0.134 e. The van der Waals surface area contributed by atoms with Gasteiger partial charge in [0.05, 0.1) is 6.61 Å². The number of aliphatic hydroxyl groups is 1. The molecule has 0 radical (unpaired) electrons. The molecule has 0 aromatic carbocycles. The molecule has 1 saturated heterocycles. The highest BCUT2D eigenvalue weighted by Gasteiger charge is 2.22. The Morgan fingerprint density at radius 1 is 1.39 bits per heavy atom. The maximum Gasteiger partial charge on any atom is 0.134 e. The molecule has 18 heavy (non-hydrogen) atoms. The van der Waals surface area contributed by atoms with Crippen molar-refractivity contribution in [1.29, 1.82) is 0 Å². The third-order valence-electron chi connectivity index (χ3n) is 3.50. The van der Waals surface area contributed by atoms with E-state index in [-0.39, 0.29) is 6.61 Å². The van der Waals surface area contributed by atoms with E-state index in [2.05, 4.69) is 20.2 Å². The summed E-state index contributed by atoms with van der Waals surface area (Å²) >= 11 is 0. The van der Waals surface area contributed by atoms with Crippen molar-refractivity contribution >= 4 is 5.82 Å². The monoisotopic (exact) mass is 250 g/mol. The van der Waals surface area contributed by atoms with Crippen molar-refractivity contribution in [3.63, 3.8) is 0 Å². The molecule has 1 aliphatic rings. The molecule has 100 valence electrons. The van der Waals surface area contributed by atoms with Gasteiger partial charge in [0.15, 0.2) is 0 Å². The van der Waals surface area contributed by atoms with E-state index in [1.165, 1.54) is 0 Å². The van der Waals surface area contributed by atoms with Crippen molar-refractivity contribution in [2.45, 2.75) is 25.7 Å². The second kappa shape index (κ2) is 6.11. The molecular formula is C13H22N4O. The molecule has 5 heteroatoms. The number of rotatable bonds is 4. The topological polar surface area (TPSA) is 61.3 Å². The molecule has 2 heterocycles. The third kappa shape index (κ3) is 3.17. The van der Waals surface area contributed by atoms with Gasteiger partial charge in [0.25, 0.3) is 0 Å². The molecule has 0 aliphatic carbocycles. The molecule has 0 saturated carbocycles. The lowest BCUT2D eigenvalue weighted by Gasteiger charge is -2.30. The highest BCUT2D eigenvalue weighted by molar-refractivity contribution is 5.35. The molecule has 5 nitrogen and oxygen atoms in total. The third-order valence-corrected chi connectivity index (χ3v) is 3.50. The fraction of sp³-hybridized carbons (Fsp3) is 0.692. The number of β-amino-alcohol motifs (C(OH)–C–C–N with tert-alkyl or cyclic N) is 1. The molecule has 1 fully saturated rings. The van der Waals surface area contributed by atoms with E-state index in [4.69, 9.17) is 5.11 Å². The zero-order valence-electron chi connectivity index (χ0n) is 11.2. The van der Waals surface area contributed by atoms with Crippen molar-refractivity contribution in [3.05, 3.63) is 17.6 Å². The summed E-state index contributed by atoms with van der Waals surface area (Å²) < 4.78 is 0. The Hall–Kier alpha value is -1.20. The molecule has 2 rings (SSSR count). The van der Waals surface area contributed by atoms with Crippen LogP contribution in [0.1, 0.15) is 30.3 Å². The second-order valence-corrected chi connectivity index (χ2v) is 4.84. The summed E-state index contributed by atoms with van der Waals surface area (Å²) in [4.78, 5) is 11.4. The SMILES string of the molecule is CNc1cc(C)nc(C2CCN(CCO)CC2)n1. The average Bonchev–Trinajstić information content (AvgIpc) is 2.39. The predicted molar refractivity (Wildman–Crippen MR) is 71.8 cm³/mol. The van der Waals surface area contributed by atoms with Crippen LogP contribution in [-0.2, 0) is 0 Å². The standard InChI is InChI=1S/C13H22N4O/c1-10-9-12(14-2)16-13(15-10)11-3-5-17(6-4-11)7-8-18/h9,11,18H,3-8H2,1-2H3,(H,14,15,16). The van der Waals surface area contributed by atoms with E-state index in [1.54, 1.807) is 0 Å². The molecule has 0 unspecified atom stereocenters. The van der Waals surface area contributed by atoms with E-state index >= 15 is 0 Å². The number of likely N-dealkylation sites (tertiary alicyclic amines) is 1. The summed E-state index contributed by atoms with van der Waals surface area (Å²) in [5, 5.41) is 12.0. The van der Waals surface area contributed by atoms with Crippen LogP contribution in [-0.4, -0.2) is 53.3 Å². The normalized spacial score (nSPS) is 17.9. The first-order valence-electron chi connectivity index (χ1n) is 6.59. The molecule has 0 amide bonds. The lowest BCUT2D eigenvalue weighted by atomic mass is 9.96. The number of aromatic nitrogens is 2. The fourth-order valence-corrected chi connectivity index (χ4v) is 2.46. The zero-order chi connectivity index (χ0) is 13.0. The van der Waals surface area contributed by atoms with Gasteiger partial charge in [-0.25, -0.2) is 9.97 Å². The first-order chi connectivity index (χ1) is 8.72. The van der Waals surface area contributed by atoms with Crippen molar-refractivity contribution in [3.8, 4) is 0 Å². The van der Waals surface area contributed by atoms with Gasteiger partial charge in [-0.1, -0.05) is 0 Å². The summed E-state index contributed by atoms with van der Waals surface area (Å²) in [7, 11) is 1.88. The zero-order valence-corrected chi connectivity index (χ0v) is 11.2. The quantitative estimate of drug-likeness (QED) is 0.834. The Bertz CT molecular complexity index is 389. The summed E-state index contributed by atoms with van der Waals surface area (Å²) in [5.74, 6) is 2.31. The number of hydrogen-bond donors (Lipinski definition) is 2. The fourth-order valence-electron chi connectivity index (χ4n) is 2.46. The maximum absolute atomic E-state index is 8.93. The number of nitrogens with zero attached hydrogens (tertiary/aromatic N) is 3. The van der Waals surface area contributed by atoms with Gasteiger partial charge in [-0.3, -0.25) is 0 Å². The van der Waals surface area contributed by atoms with E-state index in [1.807, 2.05) is 20.0 Å². The highest BCUT2D eigenvalue weighted by Crippen LogP contribution is 2.26. The minimum atomic E-state index is 0.246. The lowest BCUT2D eigenvalue weighted by Crippen LogP contribution is -2.35. The Morgan fingerprint density at radius 3 is 2.72 bits per heavy atom. The predicted octanol–water partition coefficient (Wildman–Crippen LogP) is 0.998. The summed E-state index contributed by atoms with van der Waals surface area (Å²) in [6.45, 7) is 5.08. The van der Waals surface area contributed by atoms with Gasteiger partial charge in [-0.2, -0.15) is 0 Å². The Balaban J connectivity index is 2.02. The van der Waals surface area contributed by atoms with Gasteiger partial charge in [0.1, 0.15) is 11.6 Å². The first kappa shape index (κ1) is 13.2. The van der Waals surface area contributed by atoms with Crippen molar-refractivity contribution in [2.24, 2.45) is 0 Å². The van der Waals surface area contributed by atoms with Gasteiger partial charge >= 0.3 is 0 Å². The summed E-state index contributed by atoms with van der Waals surface area (Å²) in [6, 6.07) is 1.96. The van der Waals surface area contributed by atoms with Gasteiger partial charge in [-0.05, 0) is 32.9 Å². The molecule has 1 aromatic heterocycles. The van der Waals surface area contributed by atoms with Gasteiger partial charge in [-0.15, -0.1) is 0 Å². The summed E-state index contributed by atoms with van der Waals surface area (Å²) in [6.07, 6.45) is 2.15. The number of aryl methyl sites for hydroxylation is 1. The van der Waals surface area contributed by atoms with Crippen molar-refractivity contribution < 1.29 is 5.11 Å². The van der Waals surface area contributed by atoms with Gasteiger partial charge in [0, 0.05) is 31.3 Å². The Labute approximate surface area is 108 Å². The summed E-state index contributed by atoms with van der Waals surface area (Å²) in [5.41, 5.74) is 1.02. The number of anilines is 1. The number of nitrogens with one attached hydrogen (secondary N) is 1. The van der Waals surface area contributed by atoms with Gasteiger partial charge in [0.2, 0.25) is 0 Å². The minimum Gasteiger partial charge on any atom is -0.395 e. The average molecular weight is 250 g/mol. The highest BCUT2D eigenvalue weighted by atomic mass is 16.3. The van der Waals surface area contributed by atoms with Crippen LogP contribution < -0.4 is 5.32 Å². The van der Waals surface area contributed by atoms with Crippen LogP contribution in [0.2, 0.25) is 0 Å². The van der Waals surface area contributed by atoms with Crippen LogP contribution >= 0.6 is 0 Å². The van der Waals surface area contributed by atoms with E-state index in [9.17, 15) is 0 Å². The molecule has 0 spiro atoms. The van der Waals surface area contributed by atoms with Crippen LogP contribution in [0.25, 0.3) is 0 Å². The van der Waals surface area contributed by atoms with Crippen molar-refractivity contribution in [1.82, 2.24) is 14.9 Å². The Kier molecular flexibility index (Phi) is 4.49. The number of aliphatic hydroxyl groups excluding tert-OH is 1. The van der Waals surface area contributed by atoms with E-state index < -0.39 is 0 Å². The first-order valence-corrected chi connectivity index (χ1v) is 6.59. The van der Waals surface area contributed by atoms with Crippen LogP contribution in [0.5, 0.6) is 0 Å². The Morgan fingerprint density at radius 2 is 2.11 bits per heavy atom. The van der Waals surface area contributed by atoms with Crippen LogP contribution in [0.4, 0.5) is 5.82 Å². The molecule has 1 aromatic rings.